The molecule has 1 unspecified atom stereocenters. The lowest BCUT2D eigenvalue weighted by atomic mass is 10.1. The normalized spacial score (nSPS) is 12.8. The number of carboxylic acid groups (broad SMARTS) is 1. The van der Waals surface area contributed by atoms with Crippen molar-refractivity contribution in [2.45, 2.75) is 25.4 Å². The third-order valence-corrected chi connectivity index (χ3v) is 17.3. The number of unbranched alkanes of at least 4 members (excludes halogenated alkanes) is 1. The summed E-state index contributed by atoms with van der Waals surface area (Å²) < 4.78 is 5.61. The highest BCUT2D eigenvalue weighted by Crippen LogP contribution is 2.28. The van der Waals surface area contributed by atoms with Crippen LogP contribution in [0.4, 0.5) is 0 Å². The summed E-state index contributed by atoms with van der Waals surface area (Å²) in [5, 5.41) is 64.8. The quantitative estimate of drug-likeness (QED) is 0.0110. The number of nitrogens with one attached hydrogen (secondary N) is 5. The number of ether oxygens (including phenoxy) is 1. The van der Waals surface area contributed by atoms with Crippen molar-refractivity contribution in [2.24, 2.45) is 25.4 Å². The van der Waals surface area contributed by atoms with Crippen LogP contribution in [0.5, 0.6) is 23.0 Å². The van der Waals surface area contributed by atoms with E-state index in [0.29, 0.717) is 17.7 Å². The number of aryl methyl sites for hydroxylation is 1. The van der Waals surface area contributed by atoms with Crippen LogP contribution in [0.2, 0.25) is 20.1 Å². The SMILES string of the molecule is O=C(N/N=C/c1ccc(/C=C/CCCc2ccccc2)cc1)c1ccc(O)c(Cl)c1.O=C(N/N=C/c1ccc(/C=C/CN=C2NC(=O)C(c3ccccc3)O2)cc1)c1ccc(O)c(Cl)c1.O=C(N/N=C/c1ccc(/C=C/c2ccccn2)cc1)c1ccc(O)c(Cl)c1.O=C(O)/C=C/c1ccc(/C=N/NC(=O)c2ccc(O)c(Cl)c2)cc1. The molecule has 23 nitrogen and oxygen atoms in total. The fourth-order valence-electron chi connectivity index (χ4n) is 10.0. The van der Waals surface area contributed by atoms with E-state index in [1.165, 1.54) is 96.9 Å². The van der Waals surface area contributed by atoms with Crippen molar-refractivity contribution >= 4 is 143 Å². The average Bonchev–Trinajstić information content (AvgIpc) is 1.69. The van der Waals surface area contributed by atoms with Gasteiger partial charge >= 0.3 is 5.97 Å². The molecule has 0 radical (unpaired) electrons. The van der Waals surface area contributed by atoms with Crippen LogP contribution >= 0.6 is 46.4 Å². The van der Waals surface area contributed by atoms with Crippen molar-refractivity contribution in [1.29, 1.82) is 0 Å². The minimum absolute atomic E-state index is 0.0675. The van der Waals surface area contributed by atoms with Gasteiger partial charge in [-0.1, -0.05) is 241 Å². The Balaban J connectivity index is 0.000000178. The number of amides is 5. The Hall–Kier alpha value is -14.4. The fraction of sp³-hybridized carbons (Fsp3) is 0.0562. The molecule has 0 bridgehead atoms. The summed E-state index contributed by atoms with van der Waals surface area (Å²) in [7, 11) is 0. The Bertz CT molecular complexity index is 5480. The van der Waals surface area contributed by atoms with Crippen LogP contribution in [0.25, 0.3) is 30.4 Å². The zero-order chi connectivity index (χ0) is 82.4. The number of pyridine rings is 1. The van der Waals surface area contributed by atoms with Crippen LogP contribution in [0.3, 0.4) is 0 Å². The van der Waals surface area contributed by atoms with E-state index < -0.39 is 35.7 Å². The van der Waals surface area contributed by atoms with Crippen LogP contribution < -0.4 is 27.0 Å². The van der Waals surface area contributed by atoms with Crippen molar-refractivity contribution < 1.29 is 59.0 Å². The molecule has 1 aliphatic rings. The van der Waals surface area contributed by atoms with Crippen LogP contribution in [0, 0.1) is 0 Å². The van der Waals surface area contributed by atoms with Gasteiger partial charge in [0.05, 0.1) is 57.2 Å². The molecule has 1 aromatic heterocycles. The molecule has 10 N–H and O–H groups in total. The van der Waals surface area contributed by atoms with E-state index in [1.807, 2.05) is 152 Å². The Morgan fingerprint density at radius 3 is 1.16 bits per heavy atom. The second-order valence-electron chi connectivity index (χ2n) is 24.6. The van der Waals surface area contributed by atoms with Gasteiger partial charge in [0.15, 0.2) is 0 Å². The van der Waals surface area contributed by atoms with Gasteiger partial charge in [-0.3, -0.25) is 34.3 Å². The molecule has 0 saturated carbocycles. The first-order chi connectivity index (χ1) is 56.2. The number of rotatable bonds is 25. The number of aromatic hydroxyl groups is 4. The first-order valence-corrected chi connectivity index (χ1v) is 36.8. The first kappa shape index (κ1) is 85.6. The Labute approximate surface area is 687 Å². The van der Waals surface area contributed by atoms with Gasteiger partial charge < -0.3 is 30.3 Å². The molecular weight excluding hydrogens is 1560 g/mol. The molecule has 1 atom stereocenters. The predicted molar refractivity (Wildman–Crippen MR) is 456 cm³/mol. The van der Waals surface area contributed by atoms with Gasteiger partial charge in [-0.2, -0.15) is 20.4 Å². The van der Waals surface area contributed by atoms with E-state index in [1.54, 1.807) is 42.9 Å². The lowest BCUT2D eigenvalue weighted by Crippen LogP contribution is -2.22. The number of aromatic nitrogens is 1. The molecular formula is C89H73Cl4N11O12. The van der Waals surface area contributed by atoms with E-state index in [4.69, 9.17) is 56.2 Å². The Kier molecular flexibility index (Phi) is 33.4. The van der Waals surface area contributed by atoms with Gasteiger partial charge in [0.2, 0.25) is 6.10 Å². The molecule has 0 spiro atoms. The molecule has 2 heterocycles. The summed E-state index contributed by atoms with van der Waals surface area (Å²) in [6.07, 6.45) is 24.9. The summed E-state index contributed by atoms with van der Waals surface area (Å²) in [6.45, 7) is 0.341. The minimum atomic E-state index is -1.02. The van der Waals surface area contributed by atoms with Crippen molar-refractivity contribution in [3.8, 4) is 23.0 Å². The maximum Gasteiger partial charge on any atom is 0.328 e. The summed E-state index contributed by atoms with van der Waals surface area (Å²) >= 11 is 23.1. The van der Waals surface area contributed by atoms with E-state index >= 15 is 0 Å². The maximum absolute atomic E-state index is 12.1. The number of hydrazone groups is 4. The number of halogens is 4. The zero-order valence-electron chi connectivity index (χ0n) is 61.4. The number of nitrogens with zero attached hydrogens (tertiary/aromatic N) is 6. The molecule has 1 aliphatic heterocycles. The van der Waals surface area contributed by atoms with Crippen molar-refractivity contribution in [2.75, 3.05) is 6.54 Å². The number of hydrogen-bond acceptors (Lipinski definition) is 17. The van der Waals surface area contributed by atoms with Gasteiger partial charge in [0.1, 0.15) is 23.0 Å². The maximum atomic E-state index is 12.1. The number of phenolic OH excluding ortho intramolecular Hbond substituents is 4. The number of carbonyl (C=O) groups is 6. The summed E-state index contributed by atoms with van der Waals surface area (Å²) in [4.78, 5) is 79.0. The third-order valence-electron chi connectivity index (χ3n) is 16.1. The Morgan fingerprint density at radius 1 is 0.422 bits per heavy atom. The molecule has 116 heavy (non-hydrogen) atoms. The number of allylic oxidation sites excluding steroid dienone is 1. The van der Waals surface area contributed by atoms with Crippen LogP contribution in [0.15, 0.2) is 299 Å². The summed E-state index contributed by atoms with van der Waals surface area (Å²) in [5.41, 5.74) is 20.9. The predicted octanol–water partition coefficient (Wildman–Crippen LogP) is 17.2. The number of aliphatic imine (C=N–C) groups is 1. The number of carboxylic acids is 1. The molecule has 12 rings (SSSR count). The van der Waals surface area contributed by atoms with E-state index in [-0.39, 0.29) is 66.1 Å². The monoisotopic (exact) mass is 1630 g/mol. The van der Waals surface area contributed by atoms with Gasteiger partial charge in [0.25, 0.3) is 35.6 Å². The number of phenols is 4. The average molecular weight is 1630 g/mol. The van der Waals surface area contributed by atoms with Crippen molar-refractivity contribution in [3.05, 3.63) is 377 Å². The summed E-state index contributed by atoms with van der Waals surface area (Å²) in [6, 6.07) is 72.4. The Morgan fingerprint density at radius 2 is 0.784 bits per heavy atom. The lowest BCUT2D eigenvalue weighted by Gasteiger charge is -2.06. The highest BCUT2D eigenvalue weighted by atomic mass is 35.5. The number of aliphatic carboxylic acids is 1. The lowest BCUT2D eigenvalue weighted by molar-refractivity contribution is -0.131. The highest BCUT2D eigenvalue weighted by molar-refractivity contribution is 6.33. The number of hydrogen-bond donors (Lipinski definition) is 10. The topological polar surface area (TPSA) is 348 Å². The van der Waals surface area contributed by atoms with Gasteiger partial charge in [-0.25, -0.2) is 31.5 Å². The van der Waals surface area contributed by atoms with Crippen LogP contribution in [0.1, 0.15) is 122 Å². The molecule has 5 amide bonds. The largest absolute Gasteiger partial charge is 0.506 e. The first-order valence-electron chi connectivity index (χ1n) is 35.3. The van der Waals surface area contributed by atoms with E-state index in [2.05, 4.69) is 93.8 Å². The highest BCUT2D eigenvalue weighted by Gasteiger charge is 2.32. The number of carbonyl (C=O) groups excluding carboxylic acids is 5. The second kappa shape index (κ2) is 45.2. The zero-order valence-corrected chi connectivity index (χ0v) is 64.4. The molecule has 1 saturated heterocycles. The van der Waals surface area contributed by atoms with Crippen LogP contribution in [-0.4, -0.2) is 103 Å². The third kappa shape index (κ3) is 29.1. The molecule has 27 heteroatoms. The fourth-order valence-corrected chi connectivity index (χ4v) is 10.7. The van der Waals surface area contributed by atoms with E-state index in [9.17, 15) is 49.2 Å². The smallest absolute Gasteiger partial charge is 0.328 e. The van der Waals surface area contributed by atoms with Crippen molar-refractivity contribution in [3.63, 3.8) is 0 Å². The van der Waals surface area contributed by atoms with E-state index in [0.717, 1.165) is 81.1 Å². The molecule has 11 aromatic rings. The molecule has 0 aliphatic carbocycles. The molecule has 1 fully saturated rings. The minimum Gasteiger partial charge on any atom is -0.506 e. The van der Waals surface area contributed by atoms with Gasteiger partial charge in [0, 0.05) is 40.1 Å². The second-order valence-corrected chi connectivity index (χ2v) is 26.2. The van der Waals surface area contributed by atoms with Crippen molar-refractivity contribution in [1.82, 2.24) is 32.0 Å². The van der Waals surface area contributed by atoms with Gasteiger partial charge in [-0.15, -0.1) is 0 Å². The standard InChI is InChI=1S/C26H21ClN4O4.C25H23ClN2O2.C21H16ClN3O2.C17H13ClN2O4/c27-21-15-20(12-13-22(21)32)24(33)31-29-16-18-10-8-17(9-11-18)5-4-14-28-26-30-25(34)23(35-26)19-6-2-1-3-7-19;26-23-17-22(15-16-24(23)29)25(30)28-27-18-21-13-11-20(12-14-21)10-6-2-5-9-19-7-3-1-4-8-19;22-19-13-17(9-11-20(19)26)21(27)25-24-14-16-6-4-15(5-7-16)8-10-18-3-1-2-12-23-18;18-14-9-13(6-7-15(14)21)17(24)20-19-10-12-3-1-11(2-4-12)5-8-16(22)23/h1-13,15-16,23,32H,14H2,(H,31,33)(H,28,30,34);1,3-4,6-8,10-18,29H,2,5,9H2,(H,28,30);1-14,26H,(H,25,27);1-10,21H,(H,20,24)(H,22,23)/b5-4+,29-16+;10-6+,27-18+;10-8+,24-14+;8-5+,19-10+. The molecule has 584 valence electrons. The molecule has 10 aromatic carbocycles. The number of benzene rings is 10. The number of amidine groups is 1. The van der Waals surface area contributed by atoms with Gasteiger partial charge in [-0.05, 0) is 166 Å². The van der Waals surface area contributed by atoms with Crippen LogP contribution in [-0.2, 0) is 20.7 Å². The summed E-state index contributed by atoms with van der Waals surface area (Å²) in [5.74, 6) is -3.31.